The summed E-state index contributed by atoms with van der Waals surface area (Å²) >= 11 is 0. The van der Waals surface area contributed by atoms with E-state index in [0.29, 0.717) is 11.1 Å². The maximum Gasteiger partial charge on any atom is 0.150 e. The second-order valence-electron chi connectivity index (χ2n) is 3.36. The van der Waals surface area contributed by atoms with Crippen LogP contribution in [0.5, 0.6) is 0 Å². The third kappa shape index (κ3) is 1.91. The zero-order valence-corrected chi connectivity index (χ0v) is 8.51. The summed E-state index contributed by atoms with van der Waals surface area (Å²) in [6, 6.07) is 15.4. The van der Waals surface area contributed by atoms with Crippen LogP contribution >= 0.6 is 0 Å². The fraction of sp³-hybridized carbons (Fsp3) is 0. The second kappa shape index (κ2) is 4.53. The predicted molar refractivity (Wildman–Crippen MR) is 61.5 cm³/mol. The van der Waals surface area contributed by atoms with Crippen LogP contribution in [0.15, 0.2) is 42.5 Å². The molecule has 0 spiro atoms. The van der Waals surface area contributed by atoms with E-state index < -0.39 is 0 Å². The zero-order valence-electron chi connectivity index (χ0n) is 8.51. The van der Waals surface area contributed by atoms with Gasteiger partial charge in [0.1, 0.15) is 6.29 Å². The number of hydrogen-bond donors (Lipinski definition) is 0. The van der Waals surface area contributed by atoms with Gasteiger partial charge in [-0.2, -0.15) is 0 Å². The van der Waals surface area contributed by atoms with Gasteiger partial charge in [0, 0.05) is 16.7 Å². The average Bonchev–Trinajstić information content (AvgIpc) is 2.39. The molecule has 0 saturated heterocycles. The first-order valence-corrected chi connectivity index (χ1v) is 4.86. The summed E-state index contributed by atoms with van der Waals surface area (Å²) in [5, 5.41) is 0. The van der Waals surface area contributed by atoms with Gasteiger partial charge >= 0.3 is 0 Å². The fourth-order valence-corrected chi connectivity index (χ4v) is 1.53. The van der Waals surface area contributed by atoms with Gasteiger partial charge < -0.3 is 0 Å². The third-order valence-electron chi connectivity index (χ3n) is 2.35. The van der Waals surface area contributed by atoms with Crippen LogP contribution in [-0.4, -0.2) is 12.6 Å². The van der Waals surface area contributed by atoms with Crippen LogP contribution in [0.2, 0.25) is 0 Å². The number of carbonyl (C=O) groups is 2. The molecule has 2 nitrogen and oxygen atoms in total. The molecule has 0 heterocycles. The van der Waals surface area contributed by atoms with Gasteiger partial charge in [0.15, 0.2) is 6.29 Å². The summed E-state index contributed by atoms with van der Waals surface area (Å²) in [5.74, 6) is 0. The van der Waals surface area contributed by atoms with Gasteiger partial charge in [0.25, 0.3) is 0 Å². The largest absolute Gasteiger partial charge is 0.298 e. The molecule has 0 aromatic heterocycles. The van der Waals surface area contributed by atoms with Crippen LogP contribution in [0.3, 0.4) is 0 Å². The zero-order chi connectivity index (χ0) is 11.4. The van der Waals surface area contributed by atoms with Gasteiger partial charge in [-0.25, -0.2) is 0 Å². The molecule has 0 unspecified atom stereocenters. The van der Waals surface area contributed by atoms with E-state index in [0.717, 1.165) is 23.7 Å². The lowest BCUT2D eigenvalue weighted by Crippen LogP contribution is -1.87. The smallest absolute Gasteiger partial charge is 0.150 e. The summed E-state index contributed by atoms with van der Waals surface area (Å²) in [4.78, 5) is 21.4. The number of aldehydes is 2. The minimum Gasteiger partial charge on any atom is -0.298 e. The Balaban J connectivity index is 2.49. The first-order chi connectivity index (χ1) is 7.85. The normalized spacial score (nSPS) is 9.75. The van der Waals surface area contributed by atoms with E-state index in [4.69, 9.17) is 0 Å². The van der Waals surface area contributed by atoms with Crippen LogP contribution in [-0.2, 0) is 0 Å². The highest BCUT2D eigenvalue weighted by molar-refractivity contribution is 5.87. The molecule has 0 bridgehead atoms. The molecule has 0 atom stereocenters. The lowest BCUT2D eigenvalue weighted by molar-refractivity contribution is 0.111. The molecule has 0 aliphatic rings. The van der Waals surface area contributed by atoms with Crippen molar-refractivity contribution in [3.63, 3.8) is 0 Å². The molecule has 1 radical (unpaired) electrons. The van der Waals surface area contributed by atoms with E-state index in [1.54, 1.807) is 30.3 Å². The first kappa shape index (κ1) is 10.3. The Morgan fingerprint density at radius 1 is 0.938 bits per heavy atom. The predicted octanol–water partition coefficient (Wildman–Crippen LogP) is 2.78. The van der Waals surface area contributed by atoms with E-state index in [9.17, 15) is 9.59 Å². The molecular formula is C14H9O2. The van der Waals surface area contributed by atoms with Crippen molar-refractivity contribution < 1.29 is 9.59 Å². The van der Waals surface area contributed by atoms with Crippen LogP contribution in [0, 0.1) is 6.07 Å². The summed E-state index contributed by atoms with van der Waals surface area (Å²) in [6.45, 7) is 0. The molecule has 0 N–H and O–H groups in total. The monoisotopic (exact) mass is 209 g/mol. The van der Waals surface area contributed by atoms with Gasteiger partial charge in [-0.3, -0.25) is 9.59 Å². The Kier molecular flexibility index (Phi) is 2.92. The highest BCUT2D eigenvalue weighted by Gasteiger charge is 2.03. The van der Waals surface area contributed by atoms with Crippen LogP contribution in [0.4, 0.5) is 0 Å². The van der Waals surface area contributed by atoms with Crippen molar-refractivity contribution in [2.75, 3.05) is 0 Å². The number of carbonyl (C=O) groups excluding carboxylic acids is 2. The highest BCUT2D eigenvalue weighted by atomic mass is 16.1. The SMILES string of the molecule is O=Cc1ccc(-c2[c]cccc2C=O)cc1. The Morgan fingerprint density at radius 2 is 1.69 bits per heavy atom. The van der Waals surface area contributed by atoms with Crippen molar-refractivity contribution in [3.05, 3.63) is 59.7 Å². The molecule has 0 aliphatic carbocycles. The summed E-state index contributed by atoms with van der Waals surface area (Å²) in [6.07, 6.45) is 1.60. The standard InChI is InChI=1S/C14H9O2/c15-9-11-5-7-12(8-6-11)14-4-2-1-3-13(14)10-16/h1-3,5-10H. The van der Waals surface area contributed by atoms with E-state index >= 15 is 0 Å². The maximum atomic E-state index is 10.8. The average molecular weight is 209 g/mol. The second-order valence-corrected chi connectivity index (χ2v) is 3.36. The van der Waals surface area contributed by atoms with Crippen LogP contribution in [0.1, 0.15) is 20.7 Å². The Morgan fingerprint density at radius 3 is 2.31 bits per heavy atom. The molecule has 2 aromatic rings. The Hall–Kier alpha value is -2.22. The van der Waals surface area contributed by atoms with Gasteiger partial charge in [0.05, 0.1) is 0 Å². The van der Waals surface area contributed by atoms with Gasteiger partial charge in [-0.15, -0.1) is 0 Å². The van der Waals surface area contributed by atoms with Crippen molar-refractivity contribution in [2.45, 2.75) is 0 Å². The number of rotatable bonds is 3. The third-order valence-corrected chi connectivity index (χ3v) is 2.35. The maximum absolute atomic E-state index is 10.8. The molecule has 77 valence electrons. The lowest BCUT2D eigenvalue weighted by atomic mass is 10.00. The fourth-order valence-electron chi connectivity index (χ4n) is 1.53. The molecule has 2 heteroatoms. The Labute approximate surface area is 93.5 Å². The van der Waals surface area contributed by atoms with E-state index in [2.05, 4.69) is 6.07 Å². The summed E-state index contributed by atoms with van der Waals surface area (Å²) < 4.78 is 0. The van der Waals surface area contributed by atoms with Crippen molar-refractivity contribution >= 4 is 12.6 Å². The summed E-state index contributed by atoms with van der Waals surface area (Å²) in [5.41, 5.74) is 2.86. The van der Waals surface area contributed by atoms with E-state index in [1.807, 2.05) is 12.1 Å². The van der Waals surface area contributed by atoms with Crippen molar-refractivity contribution in [3.8, 4) is 11.1 Å². The molecule has 0 saturated carbocycles. The molecule has 0 fully saturated rings. The summed E-state index contributed by atoms with van der Waals surface area (Å²) in [7, 11) is 0. The molecule has 2 rings (SSSR count). The minimum absolute atomic E-state index is 0.598. The van der Waals surface area contributed by atoms with Crippen molar-refractivity contribution in [1.29, 1.82) is 0 Å². The molecule has 16 heavy (non-hydrogen) atoms. The number of hydrogen-bond acceptors (Lipinski definition) is 2. The molecule has 2 aromatic carbocycles. The highest BCUT2D eigenvalue weighted by Crippen LogP contribution is 2.21. The molecule has 0 amide bonds. The van der Waals surface area contributed by atoms with Gasteiger partial charge in [-0.05, 0) is 11.6 Å². The van der Waals surface area contributed by atoms with Gasteiger partial charge in [-0.1, -0.05) is 42.5 Å². The number of benzene rings is 2. The van der Waals surface area contributed by atoms with Crippen LogP contribution in [0.25, 0.3) is 11.1 Å². The topological polar surface area (TPSA) is 34.1 Å². The first-order valence-electron chi connectivity index (χ1n) is 4.86. The Bertz CT molecular complexity index is 513. The molecular weight excluding hydrogens is 200 g/mol. The van der Waals surface area contributed by atoms with Gasteiger partial charge in [0.2, 0.25) is 0 Å². The lowest BCUT2D eigenvalue weighted by Gasteiger charge is -2.03. The van der Waals surface area contributed by atoms with E-state index in [-0.39, 0.29) is 0 Å². The molecule has 0 aliphatic heterocycles. The van der Waals surface area contributed by atoms with E-state index in [1.165, 1.54) is 0 Å². The van der Waals surface area contributed by atoms with Crippen LogP contribution < -0.4 is 0 Å². The van der Waals surface area contributed by atoms with Crippen molar-refractivity contribution in [1.82, 2.24) is 0 Å². The van der Waals surface area contributed by atoms with Crippen molar-refractivity contribution in [2.24, 2.45) is 0 Å². The minimum atomic E-state index is 0.598. The quantitative estimate of drug-likeness (QED) is 0.728.